The van der Waals surface area contributed by atoms with Crippen LogP contribution in [0.1, 0.15) is 21.6 Å². The van der Waals surface area contributed by atoms with Crippen LogP contribution in [0.3, 0.4) is 0 Å². The Bertz CT molecular complexity index is 1520. The molecule has 6 rings (SSSR count). The predicted molar refractivity (Wildman–Crippen MR) is 136 cm³/mol. The van der Waals surface area contributed by atoms with Gasteiger partial charge in [-0.1, -0.05) is 18.2 Å². The summed E-state index contributed by atoms with van der Waals surface area (Å²) in [6.45, 7) is 5.02. The molecule has 1 aromatic carbocycles. The molecule has 0 radical (unpaired) electrons. The molecule has 35 heavy (non-hydrogen) atoms. The summed E-state index contributed by atoms with van der Waals surface area (Å²) in [6, 6.07) is 13.5. The fourth-order valence-corrected chi connectivity index (χ4v) is 5.19. The van der Waals surface area contributed by atoms with E-state index in [4.69, 9.17) is 4.74 Å². The van der Waals surface area contributed by atoms with E-state index in [0.717, 1.165) is 46.0 Å². The van der Waals surface area contributed by atoms with Crippen molar-refractivity contribution in [1.82, 2.24) is 24.3 Å². The van der Waals surface area contributed by atoms with E-state index < -0.39 is 0 Å². The van der Waals surface area contributed by atoms with Gasteiger partial charge in [-0.05, 0) is 42.1 Å². The molecular formula is C26H24N6O2S. The Morgan fingerprint density at radius 3 is 2.77 bits per heavy atom. The maximum absolute atomic E-state index is 13.4. The monoisotopic (exact) mass is 484 g/mol. The number of benzene rings is 1. The highest BCUT2D eigenvalue weighted by Gasteiger charge is 2.26. The van der Waals surface area contributed by atoms with Crippen LogP contribution >= 0.6 is 11.3 Å². The van der Waals surface area contributed by atoms with Gasteiger partial charge in [0.05, 0.1) is 16.6 Å². The van der Waals surface area contributed by atoms with Crippen molar-refractivity contribution in [3.8, 4) is 5.75 Å². The van der Waals surface area contributed by atoms with Crippen LogP contribution in [0.5, 0.6) is 5.75 Å². The molecule has 1 aliphatic rings. The highest BCUT2D eigenvalue weighted by atomic mass is 32.1. The van der Waals surface area contributed by atoms with Gasteiger partial charge in [-0.2, -0.15) is 0 Å². The minimum atomic E-state index is -0.0192. The lowest BCUT2D eigenvalue weighted by molar-refractivity contribution is 0.0741. The van der Waals surface area contributed by atoms with Gasteiger partial charge in [0.25, 0.3) is 5.91 Å². The second-order valence-corrected chi connectivity index (χ2v) is 9.50. The number of carbonyl (C=O) groups is 1. The molecule has 0 atom stereocenters. The van der Waals surface area contributed by atoms with E-state index in [0.29, 0.717) is 31.0 Å². The standard InChI is InChI=1S/C26H24N6O2S/c1-18-6-7-23-29-19(15-32(23)14-18)16-34-22-5-3-2-4-20(22)26(33)31-11-9-30(10-12-31)24-21-8-13-35-25(21)28-17-27-24/h2-8,13-15,17H,9-12,16H2,1H3. The minimum absolute atomic E-state index is 0.0192. The average Bonchev–Trinajstić information content (AvgIpc) is 3.54. The van der Waals surface area contributed by atoms with E-state index in [2.05, 4.69) is 25.9 Å². The van der Waals surface area contributed by atoms with Crippen LogP contribution in [0.4, 0.5) is 5.82 Å². The fraction of sp³-hybridized carbons (Fsp3) is 0.231. The number of fused-ring (bicyclic) bond motifs is 2. The van der Waals surface area contributed by atoms with Crippen LogP contribution in [0.2, 0.25) is 0 Å². The molecule has 176 valence electrons. The molecule has 9 heteroatoms. The largest absolute Gasteiger partial charge is 0.486 e. The lowest BCUT2D eigenvalue weighted by atomic mass is 10.1. The molecule has 0 bridgehead atoms. The van der Waals surface area contributed by atoms with Crippen LogP contribution in [0.25, 0.3) is 15.9 Å². The van der Waals surface area contributed by atoms with Gasteiger partial charge in [0.1, 0.15) is 35.0 Å². The number of aryl methyl sites for hydroxylation is 1. The van der Waals surface area contributed by atoms with Gasteiger partial charge in [-0.3, -0.25) is 4.79 Å². The summed E-state index contributed by atoms with van der Waals surface area (Å²) < 4.78 is 8.07. The van der Waals surface area contributed by atoms with Crippen molar-refractivity contribution in [1.29, 1.82) is 0 Å². The number of rotatable bonds is 5. The van der Waals surface area contributed by atoms with Gasteiger partial charge in [0, 0.05) is 38.6 Å². The Balaban J connectivity index is 1.14. The molecule has 1 saturated heterocycles. The first-order valence-corrected chi connectivity index (χ1v) is 12.4. The number of ether oxygens (including phenoxy) is 1. The summed E-state index contributed by atoms with van der Waals surface area (Å²) in [5.41, 5.74) is 3.43. The summed E-state index contributed by atoms with van der Waals surface area (Å²) >= 11 is 1.61. The Morgan fingerprint density at radius 1 is 1.03 bits per heavy atom. The zero-order chi connectivity index (χ0) is 23.8. The van der Waals surface area contributed by atoms with Crippen LogP contribution in [0.15, 0.2) is 66.6 Å². The number of imidazole rings is 1. The molecule has 5 aromatic rings. The van der Waals surface area contributed by atoms with Crippen LogP contribution in [-0.2, 0) is 6.61 Å². The van der Waals surface area contributed by atoms with E-state index in [9.17, 15) is 4.79 Å². The van der Waals surface area contributed by atoms with Crippen LogP contribution < -0.4 is 9.64 Å². The molecule has 1 fully saturated rings. The van der Waals surface area contributed by atoms with Crippen molar-refractivity contribution in [2.45, 2.75) is 13.5 Å². The first-order valence-electron chi connectivity index (χ1n) is 11.5. The maximum Gasteiger partial charge on any atom is 0.257 e. The van der Waals surface area contributed by atoms with E-state index in [1.807, 2.05) is 70.4 Å². The van der Waals surface area contributed by atoms with E-state index in [1.165, 1.54) is 0 Å². The number of thiophene rings is 1. The van der Waals surface area contributed by atoms with E-state index >= 15 is 0 Å². The number of amides is 1. The number of piperazine rings is 1. The van der Waals surface area contributed by atoms with Gasteiger partial charge < -0.3 is 18.9 Å². The van der Waals surface area contributed by atoms with Crippen molar-refractivity contribution < 1.29 is 9.53 Å². The SMILES string of the molecule is Cc1ccc2nc(COc3ccccc3C(=O)N3CCN(c4ncnc5sccc45)CC3)cn2c1. The number of aromatic nitrogens is 4. The number of anilines is 1. The minimum Gasteiger partial charge on any atom is -0.486 e. The number of nitrogens with zero attached hydrogens (tertiary/aromatic N) is 6. The third kappa shape index (κ3) is 4.19. The van der Waals surface area contributed by atoms with Gasteiger partial charge in [-0.25, -0.2) is 15.0 Å². The molecule has 0 spiro atoms. The van der Waals surface area contributed by atoms with Crippen molar-refractivity contribution in [2.24, 2.45) is 0 Å². The lowest BCUT2D eigenvalue weighted by Crippen LogP contribution is -2.49. The Kier molecular flexibility index (Phi) is 5.54. The van der Waals surface area contributed by atoms with Gasteiger partial charge in [0.15, 0.2) is 0 Å². The second-order valence-electron chi connectivity index (χ2n) is 8.60. The summed E-state index contributed by atoms with van der Waals surface area (Å²) in [7, 11) is 0. The first kappa shape index (κ1) is 21.5. The van der Waals surface area contributed by atoms with Crippen LogP contribution in [-0.4, -0.2) is 56.3 Å². The lowest BCUT2D eigenvalue weighted by Gasteiger charge is -2.35. The molecule has 0 saturated carbocycles. The molecule has 4 aromatic heterocycles. The van der Waals surface area contributed by atoms with Gasteiger partial charge in [-0.15, -0.1) is 11.3 Å². The van der Waals surface area contributed by atoms with E-state index in [1.54, 1.807) is 17.7 Å². The summed E-state index contributed by atoms with van der Waals surface area (Å²) in [5, 5.41) is 3.10. The molecule has 0 aliphatic carbocycles. The zero-order valence-electron chi connectivity index (χ0n) is 19.3. The van der Waals surface area contributed by atoms with Crippen molar-refractivity contribution in [3.63, 3.8) is 0 Å². The zero-order valence-corrected chi connectivity index (χ0v) is 20.1. The molecular weight excluding hydrogens is 460 g/mol. The Hall–Kier alpha value is -3.98. The summed E-state index contributed by atoms with van der Waals surface area (Å²) in [5.74, 6) is 1.49. The number of hydrogen-bond acceptors (Lipinski definition) is 7. The smallest absolute Gasteiger partial charge is 0.257 e. The molecule has 1 aliphatic heterocycles. The van der Waals surface area contributed by atoms with Gasteiger partial charge in [0.2, 0.25) is 0 Å². The Labute approximate surface area is 206 Å². The summed E-state index contributed by atoms with van der Waals surface area (Å²) in [4.78, 5) is 32.0. The number of carbonyl (C=O) groups excluding carboxylic acids is 1. The second kappa shape index (κ2) is 8.99. The normalized spacial score (nSPS) is 14.1. The average molecular weight is 485 g/mol. The molecule has 1 amide bonds. The fourth-order valence-electron chi connectivity index (χ4n) is 4.47. The Morgan fingerprint density at radius 2 is 1.89 bits per heavy atom. The molecule has 0 N–H and O–H groups in total. The number of hydrogen-bond donors (Lipinski definition) is 0. The van der Waals surface area contributed by atoms with E-state index in [-0.39, 0.29) is 5.91 Å². The first-order chi connectivity index (χ1) is 17.2. The van der Waals surface area contributed by atoms with Crippen LogP contribution in [0, 0.1) is 6.92 Å². The molecule has 0 unspecified atom stereocenters. The highest BCUT2D eigenvalue weighted by molar-refractivity contribution is 7.16. The maximum atomic E-state index is 13.4. The third-order valence-electron chi connectivity index (χ3n) is 6.25. The predicted octanol–water partition coefficient (Wildman–Crippen LogP) is 4.19. The molecule has 5 heterocycles. The van der Waals surface area contributed by atoms with Crippen molar-refractivity contribution in [2.75, 3.05) is 31.1 Å². The topological polar surface area (TPSA) is 75.9 Å². The van der Waals surface area contributed by atoms with Crippen molar-refractivity contribution in [3.05, 3.63) is 83.4 Å². The quantitative estimate of drug-likeness (QED) is 0.372. The summed E-state index contributed by atoms with van der Waals surface area (Å²) in [6.07, 6.45) is 5.61. The van der Waals surface area contributed by atoms with Gasteiger partial charge >= 0.3 is 0 Å². The third-order valence-corrected chi connectivity index (χ3v) is 7.07. The van der Waals surface area contributed by atoms with Crippen molar-refractivity contribution >= 4 is 38.9 Å². The number of pyridine rings is 1. The highest BCUT2D eigenvalue weighted by Crippen LogP contribution is 2.28. The molecule has 8 nitrogen and oxygen atoms in total. The number of para-hydroxylation sites is 1.